The molecule has 1 amide bonds. The average Bonchev–Trinajstić information content (AvgIpc) is 2.36. The number of ether oxygens (including phenoxy) is 1. The van der Waals surface area contributed by atoms with E-state index in [9.17, 15) is 14.7 Å². The third-order valence-electron chi connectivity index (χ3n) is 2.95. The largest absolute Gasteiger partial charge is 0.480 e. The number of carboxylic acid groups (broad SMARTS) is 1. The van der Waals surface area contributed by atoms with Gasteiger partial charge in [0.15, 0.2) is 0 Å². The van der Waals surface area contributed by atoms with Crippen molar-refractivity contribution in [1.82, 2.24) is 5.32 Å². The van der Waals surface area contributed by atoms with E-state index < -0.39 is 23.7 Å². The van der Waals surface area contributed by atoms with Gasteiger partial charge in [0.25, 0.3) is 0 Å². The Morgan fingerprint density at radius 1 is 1.24 bits per heavy atom. The van der Waals surface area contributed by atoms with Gasteiger partial charge in [-0.1, -0.05) is 37.3 Å². The first kappa shape index (κ1) is 17.0. The van der Waals surface area contributed by atoms with Crippen LogP contribution in [0.1, 0.15) is 45.6 Å². The molecule has 1 aromatic carbocycles. The van der Waals surface area contributed by atoms with Gasteiger partial charge < -0.3 is 15.2 Å². The highest BCUT2D eigenvalue weighted by molar-refractivity contribution is 5.80. The molecule has 0 saturated heterocycles. The lowest BCUT2D eigenvalue weighted by molar-refractivity contribution is -0.139. The smallest absolute Gasteiger partial charge is 0.408 e. The van der Waals surface area contributed by atoms with E-state index in [-0.39, 0.29) is 5.92 Å². The molecule has 0 aliphatic carbocycles. The van der Waals surface area contributed by atoms with Crippen LogP contribution in [0, 0.1) is 0 Å². The molecule has 2 N–H and O–H groups in total. The molecule has 0 spiro atoms. The number of carbonyl (C=O) groups excluding carboxylic acids is 1. The highest BCUT2D eigenvalue weighted by atomic mass is 16.6. The summed E-state index contributed by atoms with van der Waals surface area (Å²) in [6.45, 7) is 7.13. The maximum absolute atomic E-state index is 11.7. The molecule has 21 heavy (non-hydrogen) atoms. The summed E-state index contributed by atoms with van der Waals surface area (Å²) in [4.78, 5) is 23.0. The van der Waals surface area contributed by atoms with Crippen molar-refractivity contribution in [2.24, 2.45) is 0 Å². The van der Waals surface area contributed by atoms with Crippen LogP contribution >= 0.6 is 0 Å². The molecule has 2 atom stereocenters. The Morgan fingerprint density at radius 2 is 1.81 bits per heavy atom. The average molecular weight is 293 g/mol. The number of nitrogens with one attached hydrogen (secondary N) is 1. The van der Waals surface area contributed by atoms with Crippen molar-refractivity contribution in [1.29, 1.82) is 0 Å². The fraction of sp³-hybridized carbons (Fsp3) is 0.500. The van der Waals surface area contributed by atoms with E-state index in [0.717, 1.165) is 5.56 Å². The van der Waals surface area contributed by atoms with Crippen LogP contribution in [0.2, 0.25) is 0 Å². The number of aliphatic carboxylic acids is 1. The van der Waals surface area contributed by atoms with Crippen molar-refractivity contribution in [2.45, 2.75) is 51.7 Å². The molecular formula is C16H23NO4. The van der Waals surface area contributed by atoms with Crippen molar-refractivity contribution in [3.63, 3.8) is 0 Å². The minimum absolute atomic E-state index is 0.0160. The quantitative estimate of drug-likeness (QED) is 0.874. The summed E-state index contributed by atoms with van der Waals surface area (Å²) < 4.78 is 5.09. The molecule has 1 rings (SSSR count). The summed E-state index contributed by atoms with van der Waals surface area (Å²) >= 11 is 0. The molecule has 0 bridgehead atoms. The number of benzene rings is 1. The van der Waals surface area contributed by atoms with Crippen LogP contribution in [-0.2, 0) is 9.53 Å². The molecule has 0 radical (unpaired) electrons. The van der Waals surface area contributed by atoms with E-state index in [0.29, 0.717) is 6.42 Å². The summed E-state index contributed by atoms with van der Waals surface area (Å²) in [5.74, 6) is -1.05. The number of carbonyl (C=O) groups is 2. The SMILES string of the molecule is CC(CC(NC(=O)OC(C)(C)C)C(=O)O)c1ccccc1. The summed E-state index contributed by atoms with van der Waals surface area (Å²) in [6.07, 6.45) is -0.409. The van der Waals surface area contributed by atoms with Gasteiger partial charge in [-0.2, -0.15) is 0 Å². The lowest BCUT2D eigenvalue weighted by Gasteiger charge is -2.23. The zero-order chi connectivity index (χ0) is 16.0. The highest BCUT2D eigenvalue weighted by Gasteiger charge is 2.25. The normalized spacial score (nSPS) is 14.1. The third-order valence-corrected chi connectivity index (χ3v) is 2.95. The first-order chi connectivity index (χ1) is 9.69. The summed E-state index contributed by atoms with van der Waals surface area (Å²) in [5, 5.41) is 11.7. The second-order valence-electron chi connectivity index (χ2n) is 6.08. The van der Waals surface area contributed by atoms with Crippen molar-refractivity contribution < 1.29 is 19.4 Å². The number of rotatable bonds is 5. The standard InChI is InChI=1S/C16H23NO4/c1-11(12-8-6-5-7-9-12)10-13(14(18)19)17-15(20)21-16(2,3)4/h5-9,11,13H,10H2,1-4H3,(H,17,20)(H,18,19). The summed E-state index contributed by atoms with van der Waals surface area (Å²) in [6, 6.07) is 8.62. The van der Waals surface area contributed by atoms with Gasteiger partial charge in [-0.15, -0.1) is 0 Å². The fourth-order valence-electron chi connectivity index (χ4n) is 1.94. The van der Waals surface area contributed by atoms with Gasteiger partial charge in [0.05, 0.1) is 0 Å². The van der Waals surface area contributed by atoms with Gasteiger partial charge in [0.1, 0.15) is 11.6 Å². The third kappa shape index (κ3) is 6.29. The second kappa shape index (κ2) is 7.11. The van der Waals surface area contributed by atoms with Crippen molar-refractivity contribution in [2.75, 3.05) is 0 Å². The Kier molecular flexibility index (Phi) is 5.76. The predicted octanol–water partition coefficient (Wildman–Crippen LogP) is 3.16. The Morgan fingerprint density at radius 3 is 2.29 bits per heavy atom. The molecule has 116 valence electrons. The van der Waals surface area contributed by atoms with E-state index in [1.165, 1.54) is 0 Å². The van der Waals surface area contributed by atoms with E-state index in [2.05, 4.69) is 5.32 Å². The zero-order valence-corrected chi connectivity index (χ0v) is 12.9. The first-order valence-electron chi connectivity index (χ1n) is 6.96. The van der Waals surface area contributed by atoms with Gasteiger partial charge >= 0.3 is 12.1 Å². The van der Waals surface area contributed by atoms with Gasteiger partial charge in [-0.25, -0.2) is 9.59 Å². The van der Waals surface area contributed by atoms with Crippen molar-refractivity contribution in [3.8, 4) is 0 Å². The maximum atomic E-state index is 11.7. The van der Waals surface area contributed by atoms with Crippen molar-refractivity contribution >= 4 is 12.1 Å². The zero-order valence-electron chi connectivity index (χ0n) is 12.9. The highest BCUT2D eigenvalue weighted by Crippen LogP contribution is 2.20. The minimum atomic E-state index is -1.07. The molecule has 0 aliphatic rings. The molecule has 5 nitrogen and oxygen atoms in total. The molecule has 0 saturated carbocycles. The second-order valence-corrected chi connectivity index (χ2v) is 6.08. The van der Waals surface area contributed by atoms with Gasteiger partial charge in [-0.05, 0) is 38.7 Å². The Bertz CT molecular complexity index is 479. The van der Waals surface area contributed by atoms with E-state index in [1.54, 1.807) is 20.8 Å². The van der Waals surface area contributed by atoms with Crippen LogP contribution < -0.4 is 5.32 Å². The maximum Gasteiger partial charge on any atom is 0.408 e. The molecular weight excluding hydrogens is 270 g/mol. The van der Waals surface area contributed by atoms with Gasteiger partial charge in [0.2, 0.25) is 0 Å². The summed E-state index contributed by atoms with van der Waals surface area (Å²) in [7, 11) is 0. The van der Waals surface area contributed by atoms with E-state index in [4.69, 9.17) is 4.74 Å². The van der Waals surface area contributed by atoms with E-state index >= 15 is 0 Å². The van der Waals surface area contributed by atoms with Crippen molar-refractivity contribution in [3.05, 3.63) is 35.9 Å². The first-order valence-corrected chi connectivity index (χ1v) is 6.96. The van der Waals surface area contributed by atoms with Crippen LogP contribution in [-0.4, -0.2) is 28.8 Å². The Labute approximate surface area is 125 Å². The molecule has 0 fully saturated rings. The summed E-state index contributed by atoms with van der Waals surface area (Å²) in [5.41, 5.74) is 0.382. The molecule has 0 heterocycles. The molecule has 5 heteroatoms. The molecule has 2 unspecified atom stereocenters. The number of hydrogen-bond acceptors (Lipinski definition) is 3. The van der Waals surface area contributed by atoms with E-state index in [1.807, 2.05) is 37.3 Å². The lowest BCUT2D eigenvalue weighted by Crippen LogP contribution is -2.44. The number of alkyl carbamates (subject to hydrolysis) is 1. The van der Waals surface area contributed by atoms with Gasteiger partial charge in [0, 0.05) is 0 Å². The van der Waals surface area contributed by atoms with Gasteiger partial charge in [-0.3, -0.25) is 0 Å². The van der Waals surface area contributed by atoms with Crippen LogP contribution in [0.4, 0.5) is 4.79 Å². The van der Waals surface area contributed by atoms with Crippen LogP contribution in [0.15, 0.2) is 30.3 Å². The monoisotopic (exact) mass is 293 g/mol. The fourth-order valence-corrected chi connectivity index (χ4v) is 1.94. The van der Waals surface area contributed by atoms with Crippen LogP contribution in [0.5, 0.6) is 0 Å². The predicted molar refractivity (Wildman–Crippen MR) is 80.3 cm³/mol. The van der Waals surface area contributed by atoms with Crippen LogP contribution in [0.3, 0.4) is 0 Å². The Hall–Kier alpha value is -2.04. The number of hydrogen-bond donors (Lipinski definition) is 2. The molecule has 0 aromatic heterocycles. The topological polar surface area (TPSA) is 75.6 Å². The number of carboxylic acids is 1. The Balaban J connectivity index is 2.66. The number of amides is 1. The lowest BCUT2D eigenvalue weighted by atomic mass is 9.94. The molecule has 1 aromatic rings. The molecule has 0 aliphatic heterocycles. The van der Waals surface area contributed by atoms with Crippen LogP contribution in [0.25, 0.3) is 0 Å². The minimum Gasteiger partial charge on any atom is -0.480 e.